The van der Waals surface area contributed by atoms with Crippen LogP contribution in [0.3, 0.4) is 0 Å². The Kier molecular flexibility index (Phi) is 4.47. The molecule has 2 rings (SSSR count). The first-order valence-electron chi connectivity index (χ1n) is 7.74. The number of rotatable bonds is 2. The highest BCUT2D eigenvalue weighted by Crippen LogP contribution is 2.38. The van der Waals surface area contributed by atoms with Crippen LogP contribution in [0, 0.1) is 0 Å². The summed E-state index contributed by atoms with van der Waals surface area (Å²) in [5.41, 5.74) is -2.81. The van der Waals surface area contributed by atoms with Crippen LogP contribution in [0.1, 0.15) is 54.0 Å². The second-order valence-corrected chi connectivity index (χ2v) is 7.92. The standard InChI is InChI=1S/C16H23BF3NO3/c1-13(2,3)22-12-11(16(18,19)20)8-10(9-21-12)17-23-14(4,5)15(6,7)24-17/h8-9H,1-7H3. The van der Waals surface area contributed by atoms with Crippen molar-refractivity contribution in [1.29, 1.82) is 0 Å². The number of pyridine rings is 1. The molecule has 134 valence electrons. The minimum Gasteiger partial charge on any atom is -0.472 e. The van der Waals surface area contributed by atoms with Crippen molar-refractivity contribution in [2.75, 3.05) is 0 Å². The highest BCUT2D eigenvalue weighted by molar-refractivity contribution is 6.62. The minimum atomic E-state index is -4.59. The van der Waals surface area contributed by atoms with E-state index in [1.165, 1.54) is 6.20 Å². The van der Waals surface area contributed by atoms with Crippen LogP contribution in [0.4, 0.5) is 13.2 Å². The Morgan fingerprint density at radius 3 is 1.96 bits per heavy atom. The van der Waals surface area contributed by atoms with Gasteiger partial charge in [0.15, 0.2) is 0 Å². The second kappa shape index (κ2) is 5.63. The van der Waals surface area contributed by atoms with Gasteiger partial charge in [-0.2, -0.15) is 13.2 Å². The lowest BCUT2D eigenvalue weighted by molar-refractivity contribution is -0.140. The summed E-state index contributed by atoms with van der Waals surface area (Å²) in [6.07, 6.45) is -3.29. The molecule has 0 atom stereocenters. The Labute approximate surface area is 140 Å². The van der Waals surface area contributed by atoms with Gasteiger partial charge in [-0.25, -0.2) is 4.98 Å². The van der Waals surface area contributed by atoms with Gasteiger partial charge in [-0.3, -0.25) is 0 Å². The first-order valence-corrected chi connectivity index (χ1v) is 7.74. The monoisotopic (exact) mass is 345 g/mol. The molecule has 1 aliphatic rings. The van der Waals surface area contributed by atoms with E-state index in [0.717, 1.165) is 6.07 Å². The number of hydrogen-bond donors (Lipinski definition) is 0. The summed E-state index contributed by atoms with van der Waals surface area (Å²) in [4.78, 5) is 3.87. The van der Waals surface area contributed by atoms with Gasteiger partial charge >= 0.3 is 13.3 Å². The summed E-state index contributed by atoms with van der Waals surface area (Å²) in [7, 11) is -0.910. The third-order valence-electron chi connectivity index (χ3n) is 4.11. The molecular weight excluding hydrogens is 322 g/mol. The van der Waals surface area contributed by atoms with Crippen LogP contribution >= 0.6 is 0 Å². The van der Waals surface area contributed by atoms with E-state index in [2.05, 4.69) is 4.98 Å². The van der Waals surface area contributed by atoms with Crippen molar-refractivity contribution in [1.82, 2.24) is 4.98 Å². The van der Waals surface area contributed by atoms with Crippen LogP contribution < -0.4 is 10.2 Å². The Morgan fingerprint density at radius 2 is 1.54 bits per heavy atom. The first kappa shape index (κ1) is 19.1. The fourth-order valence-corrected chi connectivity index (χ4v) is 2.15. The Morgan fingerprint density at radius 1 is 1.04 bits per heavy atom. The van der Waals surface area contributed by atoms with Crippen molar-refractivity contribution in [3.05, 3.63) is 17.8 Å². The Hall–Kier alpha value is -1.28. The van der Waals surface area contributed by atoms with Crippen LogP contribution in [0.25, 0.3) is 0 Å². The molecule has 0 spiro atoms. The number of aromatic nitrogens is 1. The third kappa shape index (κ3) is 3.86. The Bertz CT molecular complexity index is 608. The van der Waals surface area contributed by atoms with Gasteiger partial charge in [0.2, 0.25) is 5.88 Å². The molecule has 0 amide bonds. The van der Waals surface area contributed by atoms with Crippen LogP contribution in [0.2, 0.25) is 0 Å². The molecular formula is C16H23BF3NO3. The number of halogens is 3. The van der Waals surface area contributed by atoms with Gasteiger partial charge in [0.05, 0.1) is 11.2 Å². The fourth-order valence-electron chi connectivity index (χ4n) is 2.15. The van der Waals surface area contributed by atoms with E-state index in [9.17, 15) is 13.2 Å². The molecule has 0 unspecified atom stereocenters. The van der Waals surface area contributed by atoms with Crippen LogP contribution in [-0.2, 0) is 15.5 Å². The normalized spacial score (nSPS) is 20.3. The van der Waals surface area contributed by atoms with Crippen molar-refractivity contribution in [2.24, 2.45) is 0 Å². The highest BCUT2D eigenvalue weighted by atomic mass is 19.4. The maximum absolute atomic E-state index is 13.4. The summed E-state index contributed by atoms with van der Waals surface area (Å²) in [6, 6.07) is 0.982. The summed E-state index contributed by atoms with van der Waals surface area (Å²) >= 11 is 0. The minimum absolute atomic E-state index is 0.210. The molecule has 0 aliphatic carbocycles. The summed E-state index contributed by atoms with van der Waals surface area (Å²) in [6.45, 7) is 12.3. The van der Waals surface area contributed by atoms with Crippen molar-refractivity contribution in [2.45, 2.75) is 71.4 Å². The average molecular weight is 345 g/mol. The van der Waals surface area contributed by atoms with E-state index >= 15 is 0 Å². The Balaban J connectivity index is 2.41. The van der Waals surface area contributed by atoms with Crippen molar-refractivity contribution < 1.29 is 27.2 Å². The van der Waals surface area contributed by atoms with Gasteiger partial charge in [0, 0.05) is 11.7 Å². The predicted octanol–water partition coefficient (Wildman–Crippen LogP) is 3.58. The number of alkyl halides is 3. The molecule has 0 bridgehead atoms. The topological polar surface area (TPSA) is 40.6 Å². The van der Waals surface area contributed by atoms with Crippen LogP contribution in [0.15, 0.2) is 12.3 Å². The van der Waals surface area contributed by atoms with Crippen molar-refractivity contribution in [3.8, 4) is 5.88 Å². The van der Waals surface area contributed by atoms with E-state index in [-0.39, 0.29) is 5.46 Å². The number of ether oxygens (including phenoxy) is 1. The molecule has 1 fully saturated rings. The zero-order valence-corrected chi connectivity index (χ0v) is 15.0. The molecule has 24 heavy (non-hydrogen) atoms. The lowest BCUT2D eigenvalue weighted by Gasteiger charge is -2.32. The summed E-state index contributed by atoms with van der Waals surface area (Å²) < 4.78 is 57.1. The number of hydrogen-bond acceptors (Lipinski definition) is 4. The van der Waals surface area contributed by atoms with Crippen LogP contribution in [-0.4, -0.2) is 28.9 Å². The smallest absolute Gasteiger partial charge is 0.472 e. The van der Waals surface area contributed by atoms with Crippen LogP contribution in [0.5, 0.6) is 5.88 Å². The van der Waals surface area contributed by atoms with E-state index in [1.807, 2.05) is 27.7 Å². The van der Waals surface area contributed by atoms with Crippen molar-refractivity contribution >= 4 is 12.6 Å². The lowest BCUT2D eigenvalue weighted by atomic mass is 9.79. The maximum Gasteiger partial charge on any atom is 0.496 e. The predicted molar refractivity (Wildman–Crippen MR) is 85.3 cm³/mol. The largest absolute Gasteiger partial charge is 0.496 e. The molecule has 1 aliphatic heterocycles. The maximum atomic E-state index is 13.4. The van der Waals surface area contributed by atoms with E-state index in [0.29, 0.717) is 0 Å². The van der Waals surface area contributed by atoms with E-state index in [4.69, 9.17) is 14.0 Å². The summed E-state index contributed by atoms with van der Waals surface area (Å²) in [5.74, 6) is -0.449. The van der Waals surface area contributed by atoms with Gasteiger partial charge in [0.25, 0.3) is 0 Å². The molecule has 1 aromatic rings. The highest BCUT2D eigenvalue weighted by Gasteiger charge is 2.52. The summed E-state index contributed by atoms with van der Waals surface area (Å²) in [5, 5.41) is 0. The van der Waals surface area contributed by atoms with Crippen molar-refractivity contribution in [3.63, 3.8) is 0 Å². The van der Waals surface area contributed by atoms with E-state index < -0.39 is 41.5 Å². The van der Waals surface area contributed by atoms with Gasteiger partial charge in [-0.05, 0) is 54.5 Å². The zero-order chi connectivity index (χ0) is 18.6. The molecule has 0 saturated carbocycles. The molecule has 1 saturated heterocycles. The fraction of sp³-hybridized carbons (Fsp3) is 0.688. The average Bonchev–Trinajstić information content (AvgIpc) is 2.55. The van der Waals surface area contributed by atoms with Gasteiger partial charge < -0.3 is 14.0 Å². The molecule has 8 heteroatoms. The van der Waals surface area contributed by atoms with E-state index in [1.54, 1.807) is 20.8 Å². The molecule has 0 radical (unpaired) electrons. The van der Waals surface area contributed by atoms with Gasteiger partial charge in [0.1, 0.15) is 11.2 Å². The quantitative estimate of drug-likeness (QED) is 0.769. The van der Waals surface area contributed by atoms with Gasteiger partial charge in [-0.1, -0.05) is 0 Å². The third-order valence-corrected chi connectivity index (χ3v) is 4.11. The SMILES string of the molecule is CC(C)(C)Oc1ncc(B2OC(C)(C)C(C)(C)O2)cc1C(F)(F)F. The first-order chi connectivity index (χ1) is 10.6. The lowest BCUT2D eigenvalue weighted by Crippen LogP contribution is -2.41. The molecule has 0 aromatic carbocycles. The second-order valence-electron chi connectivity index (χ2n) is 7.92. The molecule has 0 N–H and O–H groups in total. The number of nitrogens with zero attached hydrogens (tertiary/aromatic N) is 1. The molecule has 1 aromatic heterocycles. The molecule has 2 heterocycles. The zero-order valence-electron chi connectivity index (χ0n) is 15.0. The molecule has 4 nitrogen and oxygen atoms in total. The van der Waals surface area contributed by atoms with Gasteiger partial charge in [-0.15, -0.1) is 0 Å².